The second-order valence-corrected chi connectivity index (χ2v) is 10.2. The molecule has 1 heterocycles. The summed E-state index contributed by atoms with van der Waals surface area (Å²) in [4.78, 5) is 24.3. The Morgan fingerprint density at radius 2 is 1.41 bits per heavy atom. The number of fused-ring (bicyclic) bond motifs is 1. The van der Waals surface area contributed by atoms with Crippen LogP contribution in [-0.2, 0) is 6.67 Å². The van der Waals surface area contributed by atoms with Crippen LogP contribution in [0, 0.1) is 11.8 Å². The lowest BCUT2D eigenvalue weighted by molar-refractivity contribution is 0.0687. The number of rotatable bonds is 16. The Kier molecular flexibility index (Phi) is 14.2. The number of nitrogens with zero attached hydrogens (tertiary/aromatic N) is 4. The largest absolute Gasteiger partial charge is 0.478 e. The molecule has 3 rings (SSSR count). The van der Waals surface area contributed by atoms with Crippen LogP contribution in [0.25, 0.3) is 11.0 Å². The zero-order chi connectivity index (χ0) is 28.6. The van der Waals surface area contributed by atoms with Gasteiger partial charge in [0.2, 0.25) is 0 Å². The quantitative estimate of drug-likeness (QED) is 0.198. The average Bonchev–Trinajstić information content (AvgIpc) is 3.36. The Morgan fingerprint density at radius 3 is 1.87 bits per heavy atom. The van der Waals surface area contributed by atoms with Gasteiger partial charge in [-0.05, 0) is 48.9 Å². The summed E-state index contributed by atoms with van der Waals surface area (Å²) >= 11 is 0. The van der Waals surface area contributed by atoms with E-state index in [1.807, 2.05) is 10.7 Å². The van der Waals surface area contributed by atoms with Gasteiger partial charge >= 0.3 is 11.9 Å². The Morgan fingerprint density at radius 1 is 0.821 bits per heavy atom. The third-order valence-electron chi connectivity index (χ3n) is 7.25. The van der Waals surface area contributed by atoms with Crippen molar-refractivity contribution in [3.63, 3.8) is 0 Å². The van der Waals surface area contributed by atoms with Crippen LogP contribution in [0.15, 0.2) is 48.5 Å². The van der Waals surface area contributed by atoms with Gasteiger partial charge in [-0.2, -0.15) is 0 Å². The summed E-state index contributed by atoms with van der Waals surface area (Å²) < 4.78 is 1.88. The van der Waals surface area contributed by atoms with Crippen molar-refractivity contribution < 1.29 is 19.8 Å². The molecule has 8 heteroatoms. The van der Waals surface area contributed by atoms with E-state index in [0.29, 0.717) is 29.6 Å². The van der Waals surface area contributed by atoms with Crippen molar-refractivity contribution in [3.8, 4) is 0 Å². The zero-order valence-electron chi connectivity index (χ0n) is 24.1. The molecule has 0 aliphatic rings. The number of aromatic nitrogens is 3. The molecule has 2 aromatic carbocycles. The highest BCUT2D eigenvalue weighted by molar-refractivity contribution is 6.00. The Hall–Kier alpha value is -3.26. The van der Waals surface area contributed by atoms with Crippen LogP contribution in [0.5, 0.6) is 0 Å². The van der Waals surface area contributed by atoms with Gasteiger partial charge in [0.15, 0.2) is 0 Å². The summed E-state index contributed by atoms with van der Waals surface area (Å²) in [5.41, 5.74) is 1.82. The van der Waals surface area contributed by atoms with E-state index >= 15 is 0 Å². The van der Waals surface area contributed by atoms with E-state index in [1.54, 1.807) is 42.5 Å². The fraction of sp³-hybridized carbons (Fsp3) is 0.548. The van der Waals surface area contributed by atoms with Crippen LogP contribution in [0.1, 0.15) is 99.8 Å². The molecule has 0 radical (unpaired) electrons. The highest BCUT2D eigenvalue weighted by atomic mass is 16.4. The first-order valence-electron chi connectivity index (χ1n) is 14.4. The third kappa shape index (κ3) is 10.4. The van der Waals surface area contributed by atoms with Gasteiger partial charge in [0.1, 0.15) is 5.52 Å². The minimum Gasteiger partial charge on any atom is -0.478 e. The summed E-state index contributed by atoms with van der Waals surface area (Å²) in [5, 5.41) is 26.4. The molecule has 39 heavy (non-hydrogen) atoms. The summed E-state index contributed by atoms with van der Waals surface area (Å²) in [5.74, 6) is -0.479. The number of aromatic carboxylic acids is 2. The molecule has 0 spiro atoms. The van der Waals surface area contributed by atoms with Crippen molar-refractivity contribution in [1.29, 1.82) is 0 Å². The highest BCUT2D eigenvalue weighted by Crippen LogP contribution is 2.21. The Labute approximate surface area is 233 Å². The summed E-state index contributed by atoms with van der Waals surface area (Å²) in [6, 6.07) is 13.6. The maximum absolute atomic E-state index is 11.5. The first-order chi connectivity index (χ1) is 18.8. The van der Waals surface area contributed by atoms with Crippen LogP contribution in [0.4, 0.5) is 0 Å². The van der Waals surface area contributed by atoms with Crippen LogP contribution in [0.2, 0.25) is 0 Å². The van der Waals surface area contributed by atoms with E-state index in [1.165, 1.54) is 51.4 Å². The van der Waals surface area contributed by atoms with Gasteiger partial charge in [0, 0.05) is 13.1 Å². The number of hydrogen-bond acceptors (Lipinski definition) is 5. The standard InChI is InChI=1S/C24H40N4O2.C7H6O2/c1-5-9-12-19(7-3)16-27(17-20(8-4)13-10-6-2)18-28-22-15-11-14-21(24(29)30)23(22)25-26-28;8-7(9)6-4-2-1-3-5-6/h11,14-15,19-20H,5-10,12-13,16-18H2,1-4H3,(H,29,30);1-5H,(H,8,9). The first kappa shape index (κ1) is 32.0. The summed E-state index contributed by atoms with van der Waals surface area (Å²) in [6.45, 7) is 11.9. The lowest BCUT2D eigenvalue weighted by Crippen LogP contribution is -2.36. The number of carbonyl (C=O) groups is 2. The summed E-state index contributed by atoms with van der Waals surface area (Å²) in [6.07, 6.45) is 9.90. The molecule has 0 fully saturated rings. The average molecular weight is 539 g/mol. The third-order valence-corrected chi connectivity index (χ3v) is 7.25. The minimum atomic E-state index is -0.958. The van der Waals surface area contributed by atoms with Crippen LogP contribution >= 0.6 is 0 Å². The molecule has 0 aliphatic carbocycles. The van der Waals surface area contributed by atoms with Crippen molar-refractivity contribution in [3.05, 3.63) is 59.7 Å². The van der Waals surface area contributed by atoms with Crippen LogP contribution in [-0.4, -0.2) is 55.1 Å². The SMILES string of the molecule is CCCCC(CC)CN(CC(CC)CCCC)Cn1nnc2c(C(=O)O)cccc21.O=C(O)c1ccccc1. The molecule has 214 valence electrons. The molecule has 0 saturated carbocycles. The summed E-state index contributed by atoms with van der Waals surface area (Å²) in [7, 11) is 0. The molecule has 8 nitrogen and oxygen atoms in total. The van der Waals surface area contributed by atoms with Crippen molar-refractivity contribution in [2.75, 3.05) is 13.1 Å². The Bertz CT molecular complexity index is 1110. The van der Waals surface area contributed by atoms with Gasteiger partial charge in [-0.3, -0.25) is 4.90 Å². The fourth-order valence-corrected chi connectivity index (χ4v) is 4.79. The predicted octanol–water partition coefficient (Wildman–Crippen LogP) is 7.21. The first-order valence-corrected chi connectivity index (χ1v) is 14.4. The molecule has 0 saturated heterocycles. The Balaban J connectivity index is 0.000000499. The number of carboxylic acids is 2. The highest BCUT2D eigenvalue weighted by Gasteiger charge is 2.20. The molecular weight excluding hydrogens is 492 g/mol. The van der Waals surface area contributed by atoms with E-state index in [9.17, 15) is 14.7 Å². The van der Waals surface area contributed by atoms with Crippen LogP contribution in [0.3, 0.4) is 0 Å². The van der Waals surface area contributed by atoms with Gasteiger partial charge < -0.3 is 10.2 Å². The molecule has 3 aromatic rings. The monoisotopic (exact) mass is 538 g/mol. The van der Waals surface area contributed by atoms with Crippen molar-refractivity contribution in [1.82, 2.24) is 19.9 Å². The number of carboxylic acid groups (broad SMARTS) is 2. The number of unbranched alkanes of at least 4 members (excludes halogenated alkanes) is 2. The second kappa shape index (κ2) is 17.4. The zero-order valence-corrected chi connectivity index (χ0v) is 24.1. The molecular formula is C31H46N4O4. The van der Waals surface area contributed by atoms with Gasteiger partial charge in [-0.25, -0.2) is 14.3 Å². The van der Waals surface area contributed by atoms with Gasteiger partial charge in [0.05, 0.1) is 23.3 Å². The maximum atomic E-state index is 11.5. The lowest BCUT2D eigenvalue weighted by atomic mass is 9.96. The topological polar surface area (TPSA) is 109 Å². The van der Waals surface area contributed by atoms with Crippen molar-refractivity contribution in [2.24, 2.45) is 11.8 Å². The van der Waals surface area contributed by atoms with Crippen LogP contribution < -0.4 is 0 Å². The van der Waals surface area contributed by atoms with Gasteiger partial charge in [0.25, 0.3) is 0 Å². The van der Waals surface area contributed by atoms with E-state index in [4.69, 9.17) is 5.11 Å². The lowest BCUT2D eigenvalue weighted by Gasteiger charge is -2.30. The predicted molar refractivity (Wildman–Crippen MR) is 156 cm³/mol. The molecule has 1 aromatic heterocycles. The molecule has 0 aliphatic heterocycles. The van der Waals surface area contributed by atoms with E-state index in [-0.39, 0.29) is 5.56 Å². The van der Waals surface area contributed by atoms with Gasteiger partial charge in [-0.15, -0.1) is 5.10 Å². The normalized spacial score (nSPS) is 12.6. The second-order valence-electron chi connectivity index (χ2n) is 10.2. The van der Waals surface area contributed by atoms with E-state index in [2.05, 4.69) is 42.9 Å². The van der Waals surface area contributed by atoms with Crippen molar-refractivity contribution >= 4 is 23.0 Å². The minimum absolute atomic E-state index is 0.217. The van der Waals surface area contributed by atoms with Crippen molar-refractivity contribution in [2.45, 2.75) is 85.7 Å². The molecule has 0 bridgehead atoms. The maximum Gasteiger partial charge on any atom is 0.338 e. The molecule has 2 atom stereocenters. The number of benzene rings is 2. The molecule has 2 N–H and O–H groups in total. The van der Waals surface area contributed by atoms with E-state index in [0.717, 1.165) is 18.6 Å². The van der Waals surface area contributed by atoms with Gasteiger partial charge in [-0.1, -0.05) is 95.7 Å². The molecule has 0 amide bonds. The smallest absolute Gasteiger partial charge is 0.338 e. The fourth-order valence-electron chi connectivity index (χ4n) is 4.79. The molecule has 2 unspecified atom stereocenters. The number of hydrogen-bond donors (Lipinski definition) is 2. The van der Waals surface area contributed by atoms with E-state index < -0.39 is 11.9 Å².